The molecule has 5 heteroatoms. The van der Waals surface area contributed by atoms with E-state index in [0.717, 1.165) is 18.4 Å². The average molecular weight is 393 g/mol. The molecule has 0 radical (unpaired) electrons. The summed E-state index contributed by atoms with van der Waals surface area (Å²) in [7, 11) is 1.55. The molecular formula is C24H24FNO3. The number of anilines is 1. The molecule has 3 rings (SSSR count). The van der Waals surface area contributed by atoms with Crippen molar-refractivity contribution < 1.29 is 18.7 Å². The number of carbonyl (C=O) groups is 1. The number of methoxy groups -OCH3 is 1. The van der Waals surface area contributed by atoms with Gasteiger partial charge in [-0.3, -0.25) is 4.79 Å². The van der Waals surface area contributed by atoms with Crippen molar-refractivity contribution >= 4 is 11.6 Å². The number of carbonyl (C=O) groups excluding carboxylic acids is 1. The van der Waals surface area contributed by atoms with E-state index in [1.54, 1.807) is 19.2 Å². The van der Waals surface area contributed by atoms with E-state index in [0.29, 0.717) is 17.9 Å². The van der Waals surface area contributed by atoms with Crippen LogP contribution in [0.25, 0.3) is 0 Å². The van der Waals surface area contributed by atoms with Gasteiger partial charge >= 0.3 is 0 Å². The van der Waals surface area contributed by atoms with Gasteiger partial charge in [0.25, 0.3) is 5.91 Å². The van der Waals surface area contributed by atoms with Gasteiger partial charge in [-0.05, 0) is 42.2 Å². The van der Waals surface area contributed by atoms with Crippen LogP contribution in [0.5, 0.6) is 5.75 Å². The van der Waals surface area contributed by atoms with Crippen molar-refractivity contribution in [3.8, 4) is 5.75 Å². The molecule has 1 amide bonds. The summed E-state index contributed by atoms with van der Waals surface area (Å²) in [5.74, 6) is -0.666. The molecule has 0 atom stereocenters. The Labute approximate surface area is 170 Å². The van der Waals surface area contributed by atoms with E-state index in [9.17, 15) is 9.18 Å². The van der Waals surface area contributed by atoms with E-state index in [1.807, 2.05) is 36.4 Å². The molecule has 0 spiro atoms. The van der Waals surface area contributed by atoms with Crippen molar-refractivity contribution in [2.24, 2.45) is 0 Å². The highest BCUT2D eigenvalue weighted by Gasteiger charge is 2.13. The summed E-state index contributed by atoms with van der Waals surface area (Å²) in [6, 6.07) is 22.0. The molecule has 0 unspecified atom stereocenters. The second kappa shape index (κ2) is 10.4. The zero-order valence-corrected chi connectivity index (χ0v) is 16.4. The van der Waals surface area contributed by atoms with Gasteiger partial charge in [0.1, 0.15) is 6.61 Å². The number of hydrogen-bond acceptors (Lipinski definition) is 3. The number of ether oxygens (including phenoxy) is 2. The number of halogens is 1. The van der Waals surface area contributed by atoms with E-state index in [4.69, 9.17) is 9.47 Å². The summed E-state index contributed by atoms with van der Waals surface area (Å²) in [6.07, 6.45) is 1.58. The molecule has 0 saturated heterocycles. The second-order valence-electron chi connectivity index (χ2n) is 6.58. The molecule has 0 saturated carbocycles. The van der Waals surface area contributed by atoms with E-state index in [1.165, 1.54) is 17.7 Å². The Kier molecular flexibility index (Phi) is 7.36. The minimum absolute atomic E-state index is 0.128. The quantitative estimate of drug-likeness (QED) is 0.527. The van der Waals surface area contributed by atoms with Crippen LogP contribution in [-0.4, -0.2) is 26.2 Å². The molecule has 0 aliphatic heterocycles. The number of benzene rings is 3. The van der Waals surface area contributed by atoms with Gasteiger partial charge in [0.2, 0.25) is 0 Å². The molecular weight excluding hydrogens is 369 g/mol. The summed E-state index contributed by atoms with van der Waals surface area (Å²) in [5, 5.41) is 2.77. The Hall–Kier alpha value is -3.18. The van der Waals surface area contributed by atoms with Gasteiger partial charge in [0.05, 0.1) is 6.61 Å². The van der Waals surface area contributed by atoms with E-state index < -0.39 is 5.82 Å². The molecule has 4 nitrogen and oxygen atoms in total. The predicted molar refractivity (Wildman–Crippen MR) is 112 cm³/mol. The maximum Gasteiger partial charge on any atom is 0.255 e. The van der Waals surface area contributed by atoms with Gasteiger partial charge in [-0.2, -0.15) is 0 Å². The van der Waals surface area contributed by atoms with Gasteiger partial charge < -0.3 is 14.8 Å². The van der Waals surface area contributed by atoms with Crippen LogP contribution in [-0.2, 0) is 17.6 Å². The first-order valence-electron chi connectivity index (χ1n) is 9.52. The summed E-state index contributed by atoms with van der Waals surface area (Å²) < 4.78 is 24.4. The SMILES string of the molecule is COCCOc1ccc(NC(=O)c2ccccc2CCc2ccccc2)cc1F. The smallest absolute Gasteiger partial charge is 0.255 e. The molecule has 150 valence electrons. The Balaban J connectivity index is 1.67. The summed E-state index contributed by atoms with van der Waals surface area (Å²) in [4.78, 5) is 12.8. The number of amides is 1. The third-order valence-electron chi connectivity index (χ3n) is 4.52. The first-order valence-corrected chi connectivity index (χ1v) is 9.52. The molecule has 3 aromatic rings. The standard InChI is InChI=1S/C24H24FNO3/c1-28-15-16-29-23-14-13-20(17-22(23)25)26-24(27)21-10-6-5-9-19(21)12-11-18-7-3-2-4-8-18/h2-10,13-14,17H,11-12,15-16H2,1H3,(H,26,27). The zero-order valence-electron chi connectivity index (χ0n) is 16.4. The van der Waals surface area contributed by atoms with Crippen LogP contribution in [0, 0.1) is 5.82 Å². The zero-order chi connectivity index (χ0) is 20.5. The lowest BCUT2D eigenvalue weighted by atomic mass is 9.99. The van der Waals surface area contributed by atoms with Crippen LogP contribution in [0.3, 0.4) is 0 Å². The van der Waals surface area contributed by atoms with Crippen molar-refractivity contribution in [1.29, 1.82) is 0 Å². The number of rotatable bonds is 9. The van der Waals surface area contributed by atoms with Crippen molar-refractivity contribution in [2.45, 2.75) is 12.8 Å². The van der Waals surface area contributed by atoms with Crippen LogP contribution >= 0.6 is 0 Å². The van der Waals surface area contributed by atoms with E-state index in [-0.39, 0.29) is 18.3 Å². The van der Waals surface area contributed by atoms with Gasteiger partial charge in [-0.25, -0.2) is 4.39 Å². The highest BCUT2D eigenvalue weighted by atomic mass is 19.1. The fourth-order valence-electron chi connectivity index (χ4n) is 3.01. The van der Waals surface area contributed by atoms with Crippen LogP contribution in [0.4, 0.5) is 10.1 Å². The third-order valence-corrected chi connectivity index (χ3v) is 4.52. The minimum atomic E-state index is -0.531. The normalized spacial score (nSPS) is 10.6. The van der Waals surface area contributed by atoms with Gasteiger partial charge in [0.15, 0.2) is 11.6 Å². The van der Waals surface area contributed by atoms with E-state index >= 15 is 0 Å². The van der Waals surface area contributed by atoms with Crippen LogP contribution in [0.2, 0.25) is 0 Å². The highest BCUT2D eigenvalue weighted by molar-refractivity contribution is 6.05. The van der Waals surface area contributed by atoms with Gasteiger partial charge in [-0.15, -0.1) is 0 Å². The molecule has 3 aromatic carbocycles. The third kappa shape index (κ3) is 5.90. The fourth-order valence-corrected chi connectivity index (χ4v) is 3.01. The van der Waals surface area contributed by atoms with Crippen molar-refractivity contribution in [3.05, 3.63) is 95.3 Å². The lowest BCUT2D eigenvalue weighted by Crippen LogP contribution is -2.15. The lowest BCUT2D eigenvalue weighted by Gasteiger charge is -2.12. The van der Waals surface area contributed by atoms with Crippen LogP contribution < -0.4 is 10.1 Å². The lowest BCUT2D eigenvalue weighted by molar-refractivity contribution is 0.102. The van der Waals surface area contributed by atoms with Crippen LogP contribution in [0.1, 0.15) is 21.5 Å². The molecule has 0 heterocycles. The molecule has 0 fully saturated rings. The Morgan fingerprint density at radius 3 is 2.45 bits per heavy atom. The summed E-state index contributed by atoms with van der Waals surface area (Å²) in [5.41, 5.74) is 3.14. The summed E-state index contributed by atoms with van der Waals surface area (Å²) in [6.45, 7) is 0.631. The Bertz CT molecular complexity index is 944. The highest BCUT2D eigenvalue weighted by Crippen LogP contribution is 2.22. The van der Waals surface area contributed by atoms with Crippen molar-refractivity contribution in [3.63, 3.8) is 0 Å². The molecule has 1 N–H and O–H groups in total. The summed E-state index contributed by atoms with van der Waals surface area (Å²) >= 11 is 0. The molecule has 0 aliphatic carbocycles. The fraction of sp³-hybridized carbons (Fsp3) is 0.208. The molecule has 0 bridgehead atoms. The first kappa shape index (κ1) is 20.6. The van der Waals surface area contributed by atoms with E-state index in [2.05, 4.69) is 17.4 Å². The molecule has 29 heavy (non-hydrogen) atoms. The van der Waals surface area contributed by atoms with Crippen LogP contribution in [0.15, 0.2) is 72.8 Å². The largest absolute Gasteiger partial charge is 0.488 e. The molecule has 0 aliphatic rings. The predicted octanol–water partition coefficient (Wildman–Crippen LogP) is 4.89. The Morgan fingerprint density at radius 2 is 1.69 bits per heavy atom. The van der Waals surface area contributed by atoms with Gasteiger partial charge in [-0.1, -0.05) is 48.5 Å². The second-order valence-corrected chi connectivity index (χ2v) is 6.58. The number of aryl methyl sites for hydroxylation is 2. The number of hydrogen-bond donors (Lipinski definition) is 1. The minimum Gasteiger partial charge on any atom is -0.488 e. The van der Waals surface area contributed by atoms with Crippen molar-refractivity contribution in [2.75, 3.05) is 25.6 Å². The maximum absolute atomic E-state index is 14.2. The topological polar surface area (TPSA) is 47.6 Å². The average Bonchev–Trinajstić information content (AvgIpc) is 2.75. The maximum atomic E-state index is 14.2. The molecule has 0 aromatic heterocycles. The first-order chi connectivity index (χ1) is 14.2. The number of nitrogens with one attached hydrogen (secondary N) is 1. The van der Waals surface area contributed by atoms with Crippen molar-refractivity contribution in [1.82, 2.24) is 0 Å². The Morgan fingerprint density at radius 1 is 0.931 bits per heavy atom. The van der Waals surface area contributed by atoms with Gasteiger partial charge in [0, 0.05) is 24.4 Å². The monoisotopic (exact) mass is 393 g/mol.